The lowest BCUT2D eigenvalue weighted by Crippen LogP contribution is -2.46. The van der Waals surface area contributed by atoms with Gasteiger partial charge in [-0.05, 0) is 20.8 Å². The van der Waals surface area contributed by atoms with Crippen LogP contribution < -0.4 is 0 Å². The van der Waals surface area contributed by atoms with Gasteiger partial charge in [-0.25, -0.2) is 4.79 Å². The van der Waals surface area contributed by atoms with Crippen molar-refractivity contribution in [2.45, 2.75) is 32.5 Å². The monoisotopic (exact) mass is 213 g/mol. The summed E-state index contributed by atoms with van der Waals surface area (Å²) in [4.78, 5) is 13.3. The van der Waals surface area contributed by atoms with Gasteiger partial charge < -0.3 is 14.4 Å². The van der Waals surface area contributed by atoms with Gasteiger partial charge in [0.05, 0.1) is 19.3 Å². The highest BCUT2D eigenvalue weighted by molar-refractivity contribution is 5.68. The largest absolute Gasteiger partial charge is 0.444 e. The summed E-state index contributed by atoms with van der Waals surface area (Å²) >= 11 is 0. The van der Waals surface area contributed by atoms with Crippen LogP contribution in [0.3, 0.4) is 0 Å². The number of hydrogen-bond acceptors (Lipinski definition) is 3. The molecule has 1 rings (SSSR count). The number of amides is 1. The van der Waals surface area contributed by atoms with Crippen molar-refractivity contribution in [1.29, 1.82) is 0 Å². The van der Waals surface area contributed by atoms with E-state index < -0.39 is 5.60 Å². The molecule has 0 aromatic rings. The molecular weight excluding hydrogens is 194 g/mol. The maximum absolute atomic E-state index is 11.7. The second-order valence-corrected chi connectivity index (χ2v) is 4.57. The van der Waals surface area contributed by atoms with Crippen molar-refractivity contribution in [3.63, 3.8) is 0 Å². The van der Waals surface area contributed by atoms with Crippen molar-refractivity contribution in [3.8, 4) is 0 Å². The molecule has 0 unspecified atom stereocenters. The van der Waals surface area contributed by atoms with Gasteiger partial charge in [0.25, 0.3) is 0 Å². The quantitative estimate of drug-likeness (QED) is 0.623. The molecule has 1 saturated heterocycles. The first-order valence-electron chi connectivity index (χ1n) is 5.14. The third-order valence-corrected chi connectivity index (χ3v) is 2.01. The first kappa shape index (κ1) is 12.0. The van der Waals surface area contributed by atoms with Crippen molar-refractivity contribution in [2.24, 2.45) is 0 Å². The minimum Gasteiger partial charge on any atom is -0.444 e. The van der Waals surface area contributed by atoms with Crippen molar-refractivity contribution in [3.05, 3.63) is 12.7 Å². The molecule has 1 amide bonds. The van der Waals surface area contributed by atoms with Crippen LogP contribution in [0.15, 0.2) is 12.7 Å². The molecule has 1 aliphatic rings. The average molecular weight is 213 g/mol. The third-order valence-electron chi connectivity index (χ3n) is 2.01. The van der Waals surface area contributed by atoms with E-state index in [4.69, 9.17) is 9.47 Å². The standard InChI is InChI=1S/C11H19NO3/c1-5-9-8-12(6-7-14-9)10(13)15-11(2,3)4/h5,9H,1,6-8H2,2-4H3/t9-/m1/s1. The minimum atomic E-state index is -0.445. The lowest BCUT2D eigenvalue weighted by Gasteiger charge is -2.33. The zero-order valence-electron chi connectivity index (χ0n) is 9.66. The molecular formula is C11H19NO3. The van der Waals surface area contributed by atoms with E-state index in [1.807, 2.05) is 20.8 Å². The Kier molecular flexibility index (Phi) is 3.74. The van der Waals surface area contributed by atoms with Crippen LogP contribution in [0.25, 0.3) is 0 Å². The van der Waals surface area contributed by atoms with E-state index in [-0.39, 0.29) is 12.2 Å². The Bertz CT molecular complexity index is 245. The molecule has 0 radical (unpaired) electrons. The molecule has 0 saturated carbocycles. The van der Waals surface area contributed by atoms with Gasteiger partial charge in [0.15, 0.2) is 0 Å². The number of carbonyl (C=O) groups is 1. The lowest BCUT2D eigenvalue weighted by molar-refractivity contribution is -0.0262. The Balaban J connectivity index is 2.49. The Hall–Kier alpha value is -1.03. The Labute approximate surface area is 90.8 Å². The minimum absolute atomic E-state index is 0.0775. The van der Waals surface area contributed by atoms with Crippen LogP contribution in [0.1, 0.15) is 20.8 Å². The van der Waals surface area contributed by atoms with Gasteiger partial charge in [-0.15, -0.1) is 6.58 Å². The number of morpholine rings is 1. The summed E-state index contributed by atoms with van der Waals surface area (Å²) < 4.78 is 10.6. The first-order chi connectivity index (χ1) is 6.92. The molecule has 1 atom stereocenters. The number of ether oxygens (including phenoxy) is 2. The lowest BCUT2D eigenvalue weighted by atomic mass is 10.2. The topological polar surface area (TPSA) is 38.8 Å². The van der Waals surface area contributed by atoms with Crippen LogP contribution in [0.2, 0.25) is 0 Å². The Morgan fingerprint density at radius 2 is 2.27 bits per heavy atom. The Morgan fingerprint density at radius 1 is 1.60 bits per heavy atom. The normalized spacial score (nSPS) is 22.3. The van der Waals surface area contributed by atoms with Crippen LogP contribution in [-0.2, 0) is 9.47 Å². The molecule has 0 bridgehead atoms. The van der Waals surface area contributed by atoms with Crippen molar-refractivity contribution < 1.29 is 14.3 Å². The smallest absolute Gasteiger partial charge is 0.410 e. The maximum atomic E-state index is 11.7. The first-order valence-corrected chi connectivity index (χ1v) is 5.14. The van der Waals surface area contributed by atoms with Gasteiger partial charge in [0.1, 0.15) is 5.60 Å². The summed E-state index contributed by atoms with van der Waals surface area (Å²) in [5.74, 6) is 0. The third kappa shape index (κ3) is 3.91. The van der Waals surface area contributed by atoms with Crippen LogP contribution >= 0.6 is 0 Å². The summed E-state index contributed by atoms with van der Waals surface area (Å²) in [6, 6.07) is 0. The SMILES string of the molecule is C=C[C@@H]1CN(C(=O)OC(C)(C)C)CCO1. The second-order valence-electron chi connectivity index (χ2n) is 4.57. The predicted molar refractivity (Wildman–Crippen MR) is 57.7 cm³/mol. The van der Waals surface area contributed by atoms with Gasteiger partial charge >= 0.3 is 6.09 Å². The summed E-state index contributed by atoms with van der Waals surface area (Å²) in [5.41, 5.74) is -0.445. The van der Waals surface area contributed by atoms with Gasteiger partial charge in [0, 0.05) is 6.54 Å². The molecule has 15 heavy (non-hydrogen) atoms. The molecule has 1 fully saturated rings. The molecule has 1 aliphatic heterocycles. The summed E-state index contributed by atoms with van der Waals surface area (Å²) in [5, 5.41) is 0. The maximum Gasteiger partial charge on any atom is 0.410 e. The van der Waals surface area contributed by atoms with E-state index in [9.17, 15) is 4.79 Å². The van der Waals surface area contributed by atoms with Gasteiger partial charge in [0.2, 0.25) is 0 Å². The summed E-state index contributed by atoms with van der Waals surface area (Å²) in [7, 11) is 0. The summed E-state index contributed by atoms with van der Waals surface area (Å²) in [6.07, 6.45) is 1.35. The Morgan fingerprint density at radius 3 is 2.80 bits per heavy atom. The molecule has 0 aliphatic carbocycles. The molecule has 86 valence electrons. The fraction of sp³-hybridized carbons (Fsp3) is 0.727. The van der Waals surface area contributed by atoms with Gasteiger partial charge in [-0.1, -0.05) is 6.08 Å². The number of hydrogen-bond donors (Lipinski definition) is 0. The van der Waals surface area contributed by atoms with Crippen LogP contribution in [0.4, 0.5) is 4.79 Å². The van der Waals surface area contributed by atoms with Gasteiger partial charge in [-0.3, -0.25) is 0 Å². The molecule has 4 nitrogen and oxygen atoms in total. The highest BCUT2D eigenvalue weighted by Crippen LogP contribution is 2.13. The van der Waals surface area contributed by atoms with E-state index in [0.717, 1.165) is 0 Å². The van der Waals surface area contributed by atoms with E-state index in [1.165, 1.54) is 0 Å². The molecule has 0 aromatic heterocycles. The fourth-order valence-electron chi connectivity index (χ4n) is 1.31. The van der Waals surface area contributed by atoms with Crippen LogP contribution in [-0.4, -0.2) is 42.4 Å². The van der Waals surface area contributed by atoms with E-state index in [2.05, 4.69) is 6.58 Å². The van der Waals surface area contributed by atoms with Crippen molar-refractivity contribution in [2.75, 3.05) is 19.7 Å². The molecule has 0 N–H and O–H groups in total. The van der Waals surface area contributed by atoms with E-state index >= 15 is 0 Å². The number of nitrogens with zero attached hydrogens (tertiary/aromatic N) is 1. The number of rotatable bonds is 1. The van der Waals surface area contributed by atoms with E-state index in [1.54, 1.807) is 11.0 Å². The molecule has 0 aromatic carbocycles. The van der Waals surface area contributed by atoms with Crippen LogP contribution in [0.5, 0.6) is 0 Å². The molecule has 4 heteroatoms. The van der Waals surface area contributed by atoms with Gasteiger partial charge in [-0.2, -0.15) is 0 Å². The van der Waals surface area contributed by atoms with Crippen molar-refractivity contribution in [1.82, 2.24) is 4.90 Å². The fourth-order valence-corrected chi connectivity index (χ4v) is 1.31. The van der Waals surface area contributed by atoms with Crippen LogP contribution in [0, 0.1) is 0 Å². The average Bonchev–Trinajstić information content (AvgIpc) is 2.15. The second kappa shape index (κ2) is 4.66. The molecule has 1 heterocycles. The highest BCUT2D eigenvalue weighted by Gasteiger charge is 2.26. The predicted octanol–water partition coefficient (Wildman–Crippen LogP) is 1.81. The zero-order chi connectivity index (χ0) is 11.5. The molecule has 0 spiro atoms. The van der Waals surface area contributed by atoms with E-state index in [0.29, 0.717) is 19.7 Å². The summed E-state index contributed by atoms with van der Waals surface area (Å²) in [6.45, 7) is 10.9. The number of carbonyl (C=O) groups excluding carboxylic acids is 1. The van der Waals surface area contributed by atoms with Crippen molar-refractivity contribution >= 4 is 6.09 Å². The highest BCUT2D eigenvalue weighted by atomic mass is 16.6. The zero-order valence-corrected chi connectivity index (χ0v) is 9.66.